The molecular formula is C12H23N3O3. The molecule has 1 saturated heterocycles. The van der Waals surface area contributed by atoms with Crippen LogP contribution in [0.2, 0.25) is 0 Å². The van der Waals surface area contributed by atoms with Gasteiger partial charge in [-0.3, -0.25) is 4.79 Å². The summed E-state index contributed by atoms with van der Waals surface area (Å²) in [6.07, 6.45) is 2.12. The van der Waals surface area contributed by atoms with Gasteiger partial charge < -0.3 is 20.3 Å². The predicted molar refractivity (Wildman–Crippen MR) is 68.1 cm³/mol. The summed E-state index contributed by atoms with van der Waals surface area (Å²) in [4.78, 5) is 24.8. The highest BCUT2D eigenvalue weighted by Crippen LogP contribution is 2.07. The van der Waals surface area contributed by atoms with Crippen LogP contribution >= 0.6 is 0 Å². The van der Waals surface area contributed by atoms with E-state index in [0.29, 0.717) is 12.6 Å². The summed E-state index contributed by atoms with van der Waals surface area (Å²) in [5.41, 5.74) is 0. The number of esters is 1. The van der Waals surface area contributed by atoms with Crippen LogP contribution in [-0.4, -0.2) is 62.7 Å². The Balaban J connectivity index is 2.36. The first-order chi connectivity index (χ1) is 8.52. The van der Waals surface area contributed by atoms with Crippen LogP contribution in [0, 0.1) is 0 Å². The third kappa shape index (κ3) is 5.01. The van der Waals surface area contributed by atoms with Crippen LogP contribution in [-0.2, 0) is 14.3 Å². The number of amides is 1. The van der Waals surface area contributed by atoms with Crippen molar-refractivity contribution in [2.75, 3.05) is 33.8 Å². The van der Waals surface area contributed by atoms with Crippen LogP contribution < -0.4 is 10.6 Å². The highest BCUT2D eigenvalue weighted by molar-refractivity contribution is 5.83. The molecule has 1 rings (SSSR count). The van der Waals surface area contributed by atoms with Crippen molar-refractivity contribution in [1.82, 2.24) is 15.5 Å². The molecule has 104 valence electrons. The van der Waals surface area contributed by atoms with Crippen molar-refractivity contribution in [1.29, 1.82) is 0 Å². The van der Waals surface area contributed by atoms with Gasteiger partial charge in [-0.25, -0.2) is 4.79 Å². The lowest BCUT2D eigenvalue weighted by Gasteiger charge is -2.30. The van der Waals surface area contributed by atoms with E-state index >= 15 is 0 Å². The van der Waals surface area contributed by atoms with Gasteiger partial charge in [0.05, 0.1) is 7.11 Å². The Morgan fingerprint density at radius 1 is 1.39 bits per heavy atom. The Labute approximate surface area is 108 Å². The zero-order valence-electron chi connectivity index (χ0n) is 11.4. The predicted octanol–water partition coefficient (Wildman–Crippen LogP) is -0.652. The van der Waals surface area contributed by atoms with Gasteiger partial charge in [0, 0.05) is 19.5 Å². The average molecular weight is 257 g/mol. The van der Waals surface area contributed by atoms with Gasteiger partial charge in [0.15, 0.2) is 0 Å². The Morgan fingerprint density at radius 3 is 2.50 bits per heavy atom. The molecule has 2 N–H and O–H groups in total. The lowest BCUT2D eigenvalue weighted by molar-refractivity contribution is -0.144. The molecule has 0 aliphatic carbocycles. The number of likely N-dealkylation sites (tertiary alicyclic amines) is 1. The Kier molecular flexibility index (Phi) is 6.07. The molecule has 0 radical (unpaired) electrons. The van der Waals surface area contributed by atoms with Gasteiger partial charge in [0.25, 0.3) is 0 Å². The molecule has 1 aliphatic rings. The van der Waals surface area contributed by atoms with Gasteiger partial charge in [-0.15, -0.1) is 0 Å². The Hall–Kier alpha value is -1.14. The molecule has 1 fully saturated rings. The Morgan fingerprint density at radius 2 is 2.00 bits per heavy atom. The first-order valence-electron chi connectivity index (χ1n) is 6.29. The zero-order valence-corrected chi connectivity index (χ0v) is 11.4. The van der Waals surface area contributed by atoms with Gasteiger partial charge in [0.1, 0.15) is 6.04 Å². The maximum atomic E-state index is 11.5. The van der Waals surface area contributed by atoms with E-state index in [4.69, 9.17) is 0 Å². The summed E-state index contributed by atoms with van der Waals surface area (Å²) in [6, 6.07) is -0.200. The molecule has 0 aromatic carbocycles. The van der Waals surface area contributed by atoms with E-state index in [0.717, 1.165) is 25.9 Å². The first-order valence-corrected chi connectivity index (χ1v) is 6.29. The van der Waals surface area contributed by atoms with Crippen molar-refractivity contribution in [3.63, 3.8) is 0 Å². The number of nitrogens with one attached hydrogen (secondary N) is 2. The number of ether oxygens (including phenoxy) is 1. The SMILES string of the molecule is COC(=O)C(CNC1CCN(C)CC1)NC(C)=O. The number of carbonyl (C=O) groups excluding carboxylic acids is 2. The molecule has 1 atom stereocenters. The molecule has 1 heterocycles. The number of nitrogens with zero attached hydrogens (tertiary/aromatic N) is 1. The van der Waals surface area contributed by atoms with Crippen LogP contribution in [0.25, 0.3) is 0 Å². The van der Waals surface area contributed by atoms with E-state index in [2.05, 4.69) is 27.3 Å². The monoisotopic (exact) mass is 257 g/mol. The van der Waals surface area contributed by atoms with Crippen molar-refractivity contribution in [2.45, 2.75) is 31.8 Å². The fourth-order valence-corrected chi connectivity index (χ4v) is 2.08. The summed E-state index contributed by atoms with van der Waals surface area (Å²) in [7, 11) is 3.43. The largest absolute Gasteiger partial charge is 0.467 e. The molecule has 0 spiro atoms. The number of piperidine rings is 1. The molecule has 1 aliphatic heterocycles. The van der Waals surface area contributed by atoms with Crippen molar-refractivity contribution in [2.24, 2.45) is 0 Å². The third-order valence-electron chi connectivity index (χ3n) is 3.19. The van der Waals surface area contributed by atoms with Crippen molar-refractivity contribution >= 4 is 11.9 Å². The van der Waals surface area contributed by atoms with E-state index in [1.54, 1.807) is 0 Å². The number of hydrogen-bond donors (Lipinski definition) is 2. The number of carbonyl (C=O) groups is 2. The van der Waals surface area contributed by atoms with Gasteiger partial charge in [-0.2, -0.15) is 0 Å². The quantitative estimate of drug-likeness (QED) is 0.640. The van der Waals surface area contributed by atoms with Gasteiger partial charge in [0.2, 0.25) is 5.91 Å². The summed E-state index contributed by atoms with van der Waals surface area (Å²) in [5, 5.41) is 5.91. The summed E-state index contributed by atoms with van der Waals surface area (Å²) >= 11 is 0. The van der Waals surface area contributed by atoms with Gasteiger partial charge in [-0.05, 0) is 33.0 Å². The fraction of sp³-hybridized carbons (Fsp3) is 0.833. The molecule has 18 heavy (non-hydrogen) atoms. The lowest BCUT2D eigenvalue weighted by atomic mass is 10.1. The van der Waals surface area contributed by atoms with Crippen LogP contribution in [0.15, 0.2) is 0 Å². The third-order valence-corrected chi connectivity index (χ3v) is 3.19. The maximum Gasteiger partial charge on any atom is 0.329 e. The van der Waals surface area contributed by atoms with E-state index in [9.17, 15) is 9.59 Å². The van der Waals surface area contributed by atoms with E-state index in [-0.39, 0.29) is 5.91 Å². The zero-order chi connectivity index (χ0) is 13.5. The second-order valence-corrected chi connectivity index (χ2v) is 4.76. The van der Waals surface area contributed by atoms with Gasteiger partial charge >= 0.3 is 5.97 Å². The van der Waals surface area contributed by atoms with Crippen LogP contribution in [0.3, 0.4) is 0 Å². The number of hydrogen-bond acceptors (Lipinski definition) is 5. The molecule has 0 bridgehead atoms. The van der Waals surface area contributed by atoms with Crippen LogP contribution in [0.5, 0.6) is 0 Å². The summed E-state index contributed by atoms with van der Waals surface area (Å²) < 4.78 is 4.67. The van der Waals surface area contributed by atoms with E-state index in [1.165, 1.54) is 14.0 Å². The molecular weight excluding hydrogens is 234 g/mol. The average Bonchev–Trinajstić information content (AvgIpc) is 2.35. The summed E-state index contributed by atoms with van der Waals surface area (Å²) in [6.45, 7) is 3.92. The molecule has 0 aromatic heterocycles. The van der Waals surface area contributed by atoms with Crippen LogP contribution in [0.4, 0.5) is 0 Å². The number of methoxy groups -OCH3 is 1. The second kappa shape index (κ2) is 7.33. The fourth-order valence-electron chi connectivity index (χ4n) is 2.08. The highest BCUT2D eigenvalue weighted by Gasteiger charge is 2.22. The van der Waals surface area contributed by atoms with E-state index < -0.39 is 12.0 Å². The molecule has 1 unspecified atom stereocenters. The molecule has 0 saturated carbocycles. The minimum absolute atomic E-state index is 0.226. The first kappa shape index (κ1) is 14.9. The highest BCUT2D eigenvalue weighted by atomic mass is 16.5. The molecule has 1 amide bonds. The Bertz CT molecular complexity index is 288. The van der Waals surface area contributed by atoms with Crippen molar-refractivity contribution in [3.8, 4) is 0 Å². The molecule has 6 nitrogen and oxygen atoms in total. The number of rotatable bonds is 5. The molecule has 6 heteroatoms. The molecule has 0 aromatic rings. The lowest BCUT2D eigenvalue weighted by Crippen LogP contribution is -2.51. The minimum atomic E-state index is -0.604. The van der Waals surface area contributed by atoms with E-state index in [1.807, 2.05) is 0 Å². The van der Waals surface area contributed by atoms with Crippen molar-refractivity contribution < 1.29 is 14.3 Å². The standard InChI is InChI=1S/C12H23N3O3/c1-9(16)14-11(12(17)18-3)8-13-10-4-6-15(2)7-5-10/h10-11,13H,4-8H2,1-3H3,(H,14,16). The van der Waals surface area contributed by atoms with Crippen molar-refractivity contribution in [3.05, 3.63) is 0 Å². The second-order valence-electron chi connectivity index (χ2n) is 4.76. The van der Waals surface area contributed by atoms with Gasteiger partial charge in [-0.1, -0.05) is 0 Å². The summed E-state index contributed by atoms with van der Waals surface area (Å²) in [5.74, 6) is -0.638. The maximum absolute atomic E-state index is 11.5. The smallest absolute Gasteiger partial charge is 0.329 e. The van der Waals surface area contributed by atoms with Crippen LogP contribution in [0.1, 0.15) is 19.8 Å². The normalized spacial score (nSPS) is 19.3. The topological polar surface area (TPSA) is 70.7 Å². The minimum Gasteiger partial charge on any atom is -0.467 e.